The van der Waals surface area contributed by atoms with Crippen molar-refractivity contribution in [3.05, 3.63) is 53.5 Å². The number of fused-ring (bicyclic) bond motifs is 1. The number of hydrogen-bond acceptors (Lipinski definition) is 4. The SMILES string of the molecule is Cc1cc(C(O)Cc2cn(C)nn2)nc2ccccc12. The molecule has 5 heteroatoms. The molecule has 0 amide bonds. The second kappa shape index (κ2) is 5.02. The summed E-state index contributed by atoms with van der Waals surface area (Å²) in [5, 5.41) is 19.3. The molecule has 1 atom stereocenters. The maximum absolute atomic E-state index is 10.3. The van der Waals surface area contributed by atoms with Crippen LogP contribution in [-0.4, -0.2) is 25.1 Å². The van der Waals surface area contributed by atoms with Crippen LogP contribution < -0.4 is 0 Å². The molecule has 1 unspecified atom stereocenters. The Balaban J connectivity index is 1.93. The molecule has 102 valence electrons. The van der Waals surface area contributed by atoms with Gasteiger partial charge in [-0.1, -0.05) is 23.4 Å². The quantitative estimate of drug-likeness (QED) is 0.788. The van der Waals surface area contributed by atoms with E-state index in [-0.39, 0.29) is 0 Å². The molecule has 0 saturated carbocycles. The lowest BCUT2D eigenvalue weighted by Gasteiger charge is -2.11. The summed E-state index contributed by atoms with van der Waals surface area (Å²) >= 11 is 0. The molecule has 2 heterocycles. The fraction of sp³-hybridized carbons (Fsp3) is 0.267. The van der Waals surface area contributed by atoms with E-state index in [2.05, 4.69) is 15.3 Å². The first-order chi connectivity index (χ1) is 9.63. The highest BCUT2D eigenvalue weighted by Crippen LogP contribution is 2.22. The molecule has 2 aromatic heterocycles. The van der Waals surface area contributed by atoms with Gasteiger partial charge in [-0.15, -0.1) is 5.10 Å². The van der Waals surface area contributed by atoms with Gasteiger partial charge in [0.1, 0.15) is 6.10 Å². The van der Waals surface area contributed by atoms with Crippen LogP contribution in [0.15, 0.2) is 36.5 Å². The van der Waals surface area contributed by atoms with Gasteiger partial charge < -0.3 is 5.11 Å². The summed E-state index contributed by atoms with van der Waals surface area (Å²) in [6.07, 6.45) is 1.55. The predicted octanol–water partition coefficient (Wildman–Crippen LogP) is 1.95. The number of aliphatic hydroxyl groups is 1. The topological polar surface area (TPSA) is 63.8 Å². The van der Waals surface area contributed by atoms with Crippen molar-refractivity contribution in [1.82, 2.24) is 20.0 Å². The van der Waals surface area contributed by atoms with Crippen LogP contribution in [-0.2, 0) is 13.5 Å². The van der Waals surface area contributed by atoms with Crippen LogP contribution in [0.2, 0.25) is 0 Å². The summed E-state index contributed by atoms with van der Waals surface area (Å²) < 4.78 is 1.63. The smallest absolute Gasteiger partial charge is 0.102 e. The number of aliphatic hydroxyl groups excluding tert-OH is 1. The third kappa shape index (κ3) is 2.40. The average molecular weight is 268 g/mol. The maximum atomic E-state index is 10.3. The lowest BCUT2D eigenvalue weighted by molar-refractivity contribution is 0.172. The Hall–Kier alpha value is -2.27. The van der Waals surface area contributed by atoms with Crippen molar-refractivity contribution in [3.8, 4) is 0 Å². The molecule has 0 aliphatic heterocycles. The summed E-state index contributed by atoms with van der Waals surface area (Å²) in [5.74, 6) is 0. The highest BCUT2D eigenvalue weighted by atomic mass is 16.3. The second-order valence-electron chi connectivity index (χ2n) is 4.98. The van der Waals surface area contributed by atoms with Gasteiger partial charge in [0.2, 0.25) is 0 Å². The van der Waals surface area contributed by atoms with Gasteiger partial charge in [-0.2, -0.15) is 0 Å². The predicted molar refractivity (Wildman–Crippen MR) is 76.1 cm³/mol. The minimum absolute atomic E-state index is 0.415. The van der Waals surface area contributed by atoms with Crippen molar-refractivity contribution in [2.45, 2.75) is 19.4 Å². The number of pyridine rings is 1. The third-order valence-electron chi connectivity index (χ3n) is 3.34. The summed E-state index contributed by atoms with van der Waals surface area (Å²) in [4.78, 5) is 4.53. The number of nitrogens with zero attached hydrogens (tertiary/aromatic N) is 4. The highest BCUT2D eigenvalue weighted by Gasteiger charge is 2.14. The summed E-state index contributed by atoms with van der Waals surface area (Å²) in [5.41, 5.74) is 3.45. The molecule has 0 radical (unpaired) electrons. The van der Waals surface area contributed by atoms with Gasteiger partial charge in [-0.3, -0.25) is 9.67 Å². The molecular formula is C15H16N4O. The van der Waals surface area contributed by atoms with Crippen molar-refractivity contribution >= 4 is 10.9 Å². The van der Waals surface area contributed by atoms with E-state index in [9.17, 15) is 5.11 Å². The van der Waals surface area contributed by atoms with E-state index in [4.69, 9.17) is 0 Å². The molecular weight excluding hydrogens is 252 g/mol. The molecule has 3 rings (SSSR count). The Bertz CT molecular complexity index is 750. The Morgan fingerprint density at radius 2 is 2.10 bits per heavy atom. The zero-order valence-electron chi connectivity index (χ0n) is 11.5. The van der Waals surface area contributed by atoms with Gasteiger partial charge in [0.25, 0.3) is 0 Å². The first kappa shape index (κ1) is 12.7. The lowest BCUT2D eigenvalue weighted by Crippen LogP contribution is -2.05. The van der Waals surface area contributed by atoms with Crippen molar-refractivity contribution in [1.29, 1.82) is 0 Å². The first-order valence-corrected chi connectivity index (χ1v) is 6.53. The Morgan fingerprint density at radius 1 is 1.30 bits per heavy atom. The summed E-state index contributed by atoms with van der Waals surface area (Å²) in [6, 6.07) is 9.88. The largest absolute Gasteiger partial charge is 0.386 e. The van der Waals surface area contributed by atoms with Gasteiger partial charge in [0.15, 0.2) is 0 Å². The normalized spacial score (nSPS) is 12.8. The molecule has 0 aliphatic rings. The molecule has 1 N–H and O–H groups in total. The number of aromatic nitrogens is 4. The van der Waals surface area contributed by atoms with E-state index in [1.165, 1.54) is 0 Å². The standard InChI is InChI=1S/C15H16N4O/c1-10-7-14(16-13-6-4-3-5-12(10)13)15(20)8-11-9-19(2)18-17-11/h3-7,9,15,20H,8H2,1-2H3. The molecule has 0 saturated heterocycles. The molecule has 5 nitrogen and oxygen atoms in total. The van der Waals surface area contributed by atoms with E-state index in [1.54, 1.807) is 17.9 Å². The van der Waals surface area contributed by atoms with Crippen LogP contribution in [0.3, 0.4) is 0 Å². The van der Waals surface area contributed by atoms with Crippen LogP contribution >= 0.6 is 0 Å². The van der Waals surface area contributed by atoms with Crippen molar-refractivity contribution in [2.24, 2.45) is 7.05 Å². The number of para-hydroxylation sites is 1. The zero-order valence-corrected chi connectivity index (χ0v) is 11.5. The van der Waals surface area contributed by atoms with Crippen molar-refractivity contribution in [2.75, 3.05) is 0 Å². The molecule has 0 fully saturated rings. The van der Waals surface area contributed by atoms with Gasteiger partial charge >= 0.3 is 0 Å². The van der Waals surface area contributed by atoms with Gasteiger partial charge in [-0.25, -0.2) is 0 Å². The van der Waals surface area contributed by atoms with Crippen molar-refractivity contribution < 1.29 is 5.11 Å². The van der Waals surface area contributed by atoms with E-state index in [0.29, 0.717) is 12.1 Å². The average Bonchev–Trinajstić information content (AvgIpc) is 2.84. The van der Waals surface area contributed by atoms with Crippen LogP contribution in [0.25, 0.3) is 10.9 Å². The molecule has 1 aromatic carbocycles. The minimum atomic E-state index is -0.671. The lowest BCUT2D eigenvalue weighted by atomic mass is 10.0. The Kier molecular flexibility index (Phi) is 3.20. The molecule has 0 bridgehead atoms. The summed E-state index contributed by atoms with van der Waals surface area (Å²) in [7, 11) is 1.81. The van der Waals surface area contributed by atoms with E-state index in [1.807, 2.05) is 37.3 Å². The third-order valence-corrected chi connectivity index (χ3v) is 3.34. The second-order valence-corrected chi connectivity index (χ2v) is 4.98. The van der Waals surface area contributed by atoms with Crippen LogP contribution in [0.5, 0.6) is 0 Å². The molecule has 20 heavy (non-hydrogen) atoms. The van der Waals surface area contributed by atoms with Gasteiger partial charge in [-0.05, 0) is 24.6 Å². The Labute approximate surface area is 116 Å². The Morgan fingerprint density at radius 3 is 2.85 bits per heavy atom. The maximum Gasteiger partial charge on any atom is 0.102 e. The first-order valence-electron chi connectivity index (χ1n) is 6.53. The van der Waals surface area contributed by atoms with Crippen LogP contribution in [0.1, 0.15) is 23.1 Å². The van der Waals surface area contributed by atoms with Crippen molar-refractivity contribution in [3.63, 3.8) is 0 Å². The monoisotopic (exact) mass is 268 g/mol. The zero-order chi connectivity index (χ0) is 14.1. The highest BCUT2D eigenvalue weighted by molar-refractivity contribution is 5.82. The summed E-state index contributed by atoms with van der Waals surface area (Å²) in [6.45, 7) is 2.03. The minimum Gasteiger partial charge on any atom is -0.386 e. The molecule has 0 aliphatic carbocycles. The van der Waals surface area contributed by atoms with Crippen LogP contribution in [0, 0.1) is 6.92 Å². The fourth-order valence-electron chi connectivity index (χ4n) is 2.34. The number of aryl methyl sites for hydroxylation is 2. The van der Waals surface area contributed by atoms with E-state index < -0.39 is 6.10 Å². The van der Waals surface area contributed by atoms with E-state index in [0.717, 1.165) is 22.2 Å². The van der Waals surface area contributed by atoms with Crippen LogP contribution in [0.4, 0.5) is 0 Å². The molecule has 3 aromatic rings. The van der Waals surface area contributed by atoms with Gasteiger partial charge in [0, 0.05) is 25.1 Å². The molecule has 0 spiro atoms. The fourth-order valence-corrected chi connectivity index (χ4v) is 2.34. The van der Waals surface area contributed by atoms with E-state index >= 15 is 0 Å². The number of benzene rings is 1. The number of hydrogen-bond donors (Lipinski definition) is 1. The number of rotatable bonds is 3. The van der Waals surface area contributed by atoms with Gasteiger partial charge in [0.05, 0.1) is 16.9 Å².